The number of aryl methyl sites for hydroxylation is 1. The van der Waals surface area contributed by atoms with Crippen LogP contribution in [0.4, 0.5) is 0 Å². The van der Waals surface area contributed by atoms with Gasteiger partial charge in [0.1, 0.15) is 0 Å². The maximum Gasteiger partial charge on any atom is 0.0478 e. The summed E-state index contributed by atoms with van der Waals surface area (Å²) in [4.78, 5) is 0. The second-order valence-corrected chi connectivity index (χ2v) is 4.13. The summed E-state index contributed by atoms with van der Waals surface area (Å²) in [5.74, 6) is 0. The van der Waals surface area contributed by atoms with Crippen molar-refractivity contribution >= 4 is 22.6 Å². The normalized spacial score (nSPS) is 12.5. The first kappa shape index (κ1) is 10.7. The van der Waals surface area contributed by atoms with Crippen molar-refractivity contribution in [2.75, 3.05) is 0 Å². The number of hydrogen-bond acceptors (Lipinski definition) is 1. The quantitative estimate of drug-likeness (QED) is 0.671. The van der Waals surface area contributed by atoms with Crippen molar-refractivity contribution in [3.8, 4) is 0 Å². The highest BCUT2D eigenvalue weighted by Crippen LogP contribution is 2.19. The minimum Gasteiger partial charge on any atom is -0.321 e. The number of nitrogens with two attached hydrogens (primary N) is 1. The van der Waals surface area contributed by atoms with E-state index in [0.717, 1.165) is 12.0 Å². The molecule has 0 amide bonds. The van der Waals surface area contributed by atoms with Crippen molar-refractivity contribution in [1.82, 2.24) is 0 Å². The summed E-state index contributed by atoms with van der Waals surface area (Å²) >= 11 is 2.35. The molecule has 0 radical (unpaired) electrons. The van der Waals surface area contributed by atoms with Crippen LogP contribution >= 0.6 is 22.6 Å². The van der Waals surface area contributed by atoms with Gasteiger partial charge in [0.15, 0.2) is 0 Å². The largest absolute Gasteiger partial charge is 0.321 e. The van der Waals surface area contributed by atoms with Gasteiger partial charge in [-0.2, -0.15) is 0 Å². The molecule has 0 aliphatic carbocycles. The van der Waals surface area contributed by atoms with Gasteiger partial charge in [-0.25, -0.2) is 0 Å². The van der Waals surface area contributed by atoms with E-state index >= 15 is 0 Å². The Hall–Kier alpha value is -0.350. The van der Waals surface area contributed by atoms with Crippen LogP contribution in [0.15, 0.2) is 30.9 Å². The molecule has 1 rings (SSSR count). The molecule has 13 heavy (non-hydrogen) atoms. The van der Waals surface area contributed by atoms with E-state index in [1.54, 1.807) is 6.08 Å². The fourth-order valence-corrected chi connectivity index (χ4v) is 1.93. The zero-order valence-corrected chi connectivity index (χ0v) is 9.91. The van der Waals surface area contributed by atoms with Crippen LogP contribution in [0.25, 0.3) is 0 Å². The molecule has 0 unspecified atom stereocenters. The number of rotatable bonds is 3. The smallest absolute Gasteiger partial charge is 0.0478 e. The molecule has 1 nitrogen and oxygen atoms in total. The lowest BCUT2D eigenvalue weighted by Gasteiger charge is -2.09. The molecule has 1 aromatic carbocycles. The number of hydrogen-bond donors (Lipinski definition) is 1. The van der Waals surface area contributed by atoms with Crippen LogP contribution in [-0.2, 0) is 6.42 Å². The van der Waals surface area contributed by atoms with Crippen molar-refractivity contribution < 1.29 is 0 Å². The molecule has 2 N–H and O–H groups in total. The first-order valence-electron chi connectivity index (χ1n) is 4.35. The van der Waals surface area contributed by atoms with Gasteiger partial charge in [-0.15, -0.1) is 6.58 Å². The average Bonchev–Trinajstić information content (AvgIpc) is 2.17. The van der Waals surface area contributed by atoms with Gasteiger partial charge < -0.3 is 5.73 Å². The van der Waals surface area contributed by atoms with E-state index in [0.29, 0.717) is 0 Å². The average molecular weight is 287 g/mol. The van der Waals surface area contributed by atoms with Crippen LogP contribution in [0.5, 0.6) is 0 Å². The van der Waals surface area contributed by atoms with E-state index in [4.69, 9.17) is 5.73 Å². The fourth-order valence-electron chi connectivity index (χ4n) is 1.21. The van der Waals surface area contributed by atoms with Crippen molar-refractivity contribution in [2.45, 2.75) is 19.4 Å². The molecule has 0 saturated heterocycles. The summed E-state index contributed by atoms with van der Waals surface area (Å²) < 4.78 is 1.31. The van der Waals surface area contributed by atoms with Gasteiger partial charge >= 0.3 is 0 Å². The Morgan fingerprint density at radius 3 is 2.85 bits per heavy atom. The summed E-state index contributed by atoms with van der Waals surface area (Å²) in [6.07, 6.45) is 2.82. The van der Waals surface area contributed by atoms with Crippen LogP contribution in [0, 0.1) is 3.57 Å². The molecule has 0 aliphatic heterocycles. The van der Waals surface area contributed by atoms with Crippen molar-refractivity contribution in [2.24, 2.45) is 5.73 Å². The first-order valence-corrected chi connectivity index (χ1v) is 5.43. The van der Waals surface area contributed by atoms with Crippen molar-refractivity contribution in [3.63, 3.8) is 0 Å². The van der Waals surface area contributed by atoms with Gasteiger partial charge in [0.25, 0.3) is 0 Å². The molecule has 0 fully saturated rings. The Labute approximate surface area is 93.2 Å². The molecule has 0 aromatic heterocycles. The molecule has 0 spiro atoms. The third-order valence-electron chi connectivity index (χ3n) is 2.09. The third kappa shape index (κ3) is 2.54. The van der Waals surface area contributed by atoms with Crippen LogP contribution in [0.1, 0.15) is 24.1 Å². The molecular formula is C11H14IN. The monoisotopic (exact) mass is 287 g/mol. The Morgan fingerprint density at radius 2 is 2.31 bits per heavy atom. The van der Waals surface area contributed by atoms with Gasteiger partial charge in [0.05, 0.1) is 0 Å². The first-order chi connectivity index (χ1) is 6.19. The molecule has 1 atom stereocenters. The highest BCUT2D eigenvalue weighted by Gasteiger charge is 2.03. The fraction of sp³-hybridized carbons (Fsp3) is 0.273. The molecule has 1 aromatic rings. The van der Waals surface area contributed by atoms with Crippen LogP contribution < -0.4 is 5.73 Å². The van der Waals surface area contributed by atoms with E-state index in [1.165, 1.54) is 9.13 Å². The molecule has 0 heterocycles. The molecule has 0 bridgehead atoms. The molecule has 0 saturated carbocycles. The standard InChI is InChI=1S/C11H14IN/c1-3-8-7-9(11(13)4-2)5-6-10(8)12/h4-7,11H,2-3,13H2,1H3/t11-/m0/s1. The minimum atomic E-state index is -0.0395. The van der Waals surface area contributed by atoms with E-state index in [9.17, 15) is 0 Å². The van der Waals surface area contributed by atoms with Crippen molar-refractivity contribution in [3.05, 3.63) is 45.6 Å². The second kappa shape index (κ2) is 4.77. The van der Waals surface area contributed by atoms with Crippen LogP contribution in [-0.4, -0.2) is 0 Å². The van der Waals surface area contributed by atoms with E-state index in [1.807, 2.05) is 0 Å². The summed E-state index contributed by atoms with van der Waals surface area (Å²) in [5, 5.41) is 0. The topological polar surface area (TPSA) is 26.0 Å². The minimum absolute atomic E-state index is 0.0395. The number of benzene rings is 1. The van der Waals surface area contributed by atoms with E-state index < -0.39 is 0 Å². The lowest BCUT2D eigenvalue weighted by atomic mass is 10.0. The predicted octanol–water partition coefficient (Wildman–Crippen LogP) is 3.04. The van der Waals surface area contributed by atoms with E-state index in [-0.39, 0.29) is 6.04 Å². The highest BCUT2D eigenvalue weighted by atomic mass is 127. The molecule has 70 valence electrons. The van der Waals surface area contributed by atoms with Gasteiger partial charge in [-0.1, -0.05) is 25.1 Å². The summed E-state index contributed by atoms with van der Waals surface area (Å²) in [5.41, 5.74) is 8.35. The molecule has 0 aliphatic rings. The Balaban J connectivity index is 3.05. The third-order valence-corrected chi connectivity index (χ3v) is 3.14. The maximum absolute atomic E-state index is 5.85. The van der Waals surface area contributed by atoms with E-state index in [2.05, 4.69) is 54.3 Å². The lowest BCUT2D eigenvalue weighted by molar-refractivity contribution is 0.907. The zero-order valence-electron chi connectivity index (χ0n) is 7.76. The molecule has 2 heteroatoms. The molecular weight excluding hydrogens is 273 g/mol. The highest BCUT2D eigenvalue weighted by molar-refractivity contribution is 14.1. The second-order valence-electron chi connectivity index (χ2n) is 2.97. The Kier molecular flexibility index (Phi) is 3.93. The lowest BCUT2D eigenvalue weighted by Crippen LogP contribution is -2.07. The van der Waals surface area contributed by atoms with Crippen LogP contribution in [0.3, 0.4) is 0 Å². The van der Waals surface area contributed by atoms with Crippen molar-refractivity contribution in [1.29, 1.82) is 0 Å². The van der Waals surface area contributed by atoms with Crippen LogP contribution in [0.2, 0.25) is 0 Å². The number of halogens is 1. The Bertz CT molecular complexity index is 307. The van der Waals surface area contributed by atoms with Gasteiger partial charge in [-0.3, -0.25) is 0 Å². The van der Waals surface area contributed by atoms with Gasteiger partial charge in [0.2, 0.25) is 0 Å². The van der Waals surface area contributed by atoms with Gasteiger partial charge in [0, 0.05) is 9.61 Å². The predicted molar refractivity (Wildman–Crippen MR) is 65.7 cm³/mol. The maximum atomic E-state index is 5.85. The SMILES string of the molecule is C=C[C@H](N)c1ccc(I)c(CC)c1. The zero-order chi connectivity index (χ0) is 9.84. The summed E-state index contributed by atoms with van der Waals surface area (Å²) in [6, 6.07) is 6.29. The summed E-state index contributed by atoms with van der Waals surface area (Å²) in [6.45, 7) is 5.84. The Morgan fingerprint density at radius 1 is 1.62 bits per heavy atom. The van der Waals surface area contributed by atoms with Gasteiger partial charge in [-0.05, 0) is 46.2 Å². The summed E-state index contributed by atoms with van der Waals surface area (Å²) in [7, 11) is 0.